The van der Waals surface area contributed by atoms with Crippen LogP contribution in [0, 0.1) is 5.82 Å². The van der Waals surface area contributed by atoms with Crippen molar-refractivity contribution in [2.45, 2.75) is 32.9 Å². The van der Waals surface area contributed by atoms with E-state index in [1.54, 1.807) is 23.0 Å². The highest BCUT2D eigenvalue weighted by atomic mass is 19.1. The molecular weight excluding hydrogens is 307 g/mol. The van der Waals surface area contributed by atoms with E-state index in [4.69, 9.17) is 0 Å². The molecule has 2 N–H and O–H groups in total. The standard InChI is InChI=1S/C18H27FN4O/c1-3-22(4-2)12-10-16(14-24)20-13-18-9-11-21-23(18)17-7-5-15(19)6-8-17/h5-9,11,16,20,24H,3-4,10,12-14H2,1-2H3. The van der Waals surface area contributed by atoms with Gasteiger partial charge in [-0.15, -0.1) is 0 Å². The molecule has 0 saturated carbocycles. The predicted octanol–water partition coefficient (Wildman–Crippen LogP) is 2.19. The van der Waals surface area contributed by atoms with Crippen LogP contribution in [-0.4, -0.2) is 52.1 Å². The number of rotatable bonds is 10. The number of hydrogen-bond acceptors (Lipinski definition) is 4. The van der Waals surface area contributed by atoms with Crippen molar-refractivity contribution in [2.75, 3.05) is 26.2 Å². The van der Waals surface area contributed by atoms with Crippen LogP contribution in [0.2, 0.25) is 0 Å². The highest BCUT2D eigenvalue weighted by Gasteiger charge is 2.11. The molecule has 2 rings (SSSR count). The first kappa shape index (κ1) is 18.6. The van der Waals surface area contributed by atoms with E-state index < -0.39 is 0 Å². The van der Waals surface area contributed by atoms with Gasteiger partial charge in [-0.2, -0.15) is 5.10 Å². The van der Waals surface area contributed by atoms with E-state index in [0.717, 1.165) is 37.4 Å². The first-order valence-electron chi connectivity index (χ1n) is 8.53. The van der Waals surface area contributed by atoms with Gasteiger partial charge in [-0.25, -0.2) is 9.07 Å². The molecule has 24 heavy (non-hydrogen) atoms. The third-order valence-corrected chi connectivity index (χ3v) is 4.27. The second-order valence-corrected chi connectivity index (χ2v) is 5.79. The fraction of sp³-hybridized carbons (Fsp3) is 0.500. The molecule has 132 valence electrons. The zero-order valence-electron chi connectivity index (χ0n) is 14.5. The zero-order chi connectivity index (χ0) is 17.4. The lowest BCUT2D eigenvalue weighted by Gasteiger charge is -2.22. The van der Waals surface area contributed by atoms with Crippen molar-refractivity contribution < 1.29 is 9.50 Å². The largest absolute Gasteiger partial charge is 0.395 e. The Morgan fingerprint density at radius 2 is 1.92 bits per heavy atom. The van der Waals surface area contributed by atoms with Crippen LogP contribution in [0.1, 0.15) is 26.0 Å². The smallest absolute Gasteiger partial charge is 0.123 e. The van der Waals surface area contributed by atoms with Gasteiger partial charge >= 0.3 is 0 Å². The van der Waals surface area contributed by atoms with Crippen LogP contribution in [0.5, 0.6) is 0 Å². The number of nitrogens with one attached hydrogen (secondary N) is 1. The van der Waals surface area contributed by atoms with Gasteiger partial charge in [0.15, 0.2) is 0 Å². The summed E-state index contributed by atoms with van der Waals surface area (Å²) in [7, 11) is 0. The first-order chi connectivity index (χ1) is 11.7. The van der Waals surface area contributed by atoms with Gasteiger partial charge in [0.05, 0.1) is 18.0 Å². The van der Waals surface area contributed by atoms with E-state index in [9.17, 15) is 9.50 Å². The van der Waals surface area contributed by atoms with Gasteiger partial charge in [0.25, 0.3) is 0 Å². The summed E-state index contributed by atoms with van der Waals surface area (Å²) < 4.78 is 14.8. The number of nitrogens with zero attached hydrogens (tertiary/aromatic N) is 3. The Morgan fingerprint density at radius 3 is 2.54 bits per heavy atom. The van der Waals surface area contributed by atoms with Gasteiger partial charge in [0, 0.05) is 18.8 Å². The van der Waals surface area contributed by atoms with E-state index in [1.807, 2.05) is 6.07 Å². The van der Waals surface area contributed by atoms with Gasteiger partial charge < -0.3 is 15.3 Å². The SMILES string of the molecule is CCN(CC)CCC(CO)NCc1ccnn1-c1ccc(F)cc1. The highest BCUT2D eigenvalue weighted by Crippen LogP contribution is 2.11. The molecule has 0 aliphatic carbocycles. The fourth-order valence-corrected chi connectivity index (χ4v) is 2.66. The van der Waals surface area contributed by atoms with E-state index in [0.29, 0.717) is 6.54 Å². The van der Waals surface area contributed by atoms with Crippen LogP contribution in [0.4, 0.5) is 4.39 Å². The monoisotopic (exact) mass is 334 g/mol. The Balaban J connectivity index is 1.94. The third kappa shape index (κ3) is 5.12. The van der Waals surface area contributed by atoms with Crippen LogP contribution in [-0.2, 0) is 6.54 Å². The number of aliphatic hydroxyl groups is 1. The van der Waals surface area contributed by atoms with E-state index in [1.165, 1.54) is 12.1 Å². The topological polar surface area (TPSA) is 53.3 Å². The van der Waals surface area contributed by atoms with E-state index in [2.05, 4.69) is 29.2 Å². The summed E-state index contributed by atoms with van der Waals surface area (Å²) in [6, 6.07) is 8.23. The molecule has 1 aromatic carbocycles. The Morgan fingerprint density at radius 1 is 1.21 bits per heavy atom. The van der Waals surface area contributed by atoms with Crippen LogP contribution in [0.25, 0.3) is 5.69 Å². The van der Waals surface area contributed by atoms with Gasteiger partial charge in [-0.1, -0.05) is 13.8 Å². The van der Waals surface area contributed by atoms with E-state index in [-0.39, 0.29) is 18.5 Å². The van der Waals surface area contributed by atoms with Crippen molar-refractivity contribution in [3.05, 3.63) is 48.0 Å². The van der Waals surface area contributed by atoms with E-state index >= 15 is 0 Å². The second kappa shape index (κ2) is 9.52. The summed E-state index contributed by atoms with van der Waals surface area (Å²) in [4.78, 5) is 2.34. The minimum atomic E-state index is -0.262. The summed E-state index contributed by atoms with van der Waals surface area (Å²) in [6.45, 7) is 7.99. The quantitative estimate of drug-likeness (QED) is 0.699. The van der Waals surface area contributed by atoms with Crippen molar-refractivity contribution in [1.82, 2.24) is 20.0 Å². The predicted molar refractivity (Wildman–Crippen MR) is 93.6 cm³/mol. The zero-order valence-corrected chi connectivity index (χ0v) is 14.5. The highest BCUT2D eigenvalue weighted by molar-refractivity contribution is 5.32. The first-order valence-corrected chi connectivity index (χ1v) is 8.53. The Labute approximate surface area is 143 Å². The minimum absolute atomic E-state index is 0.0437. The molecule has 0 bridgehead atoms. The molecule has 2 aromatic rings. The van der Waals surface area contributed by atoms with Gasteiger partial charge in [-0.05, 0) is 56.4 Å². The van der Waals surface area contributed by atoms with Crippen molar-refractivity contribution >= 4 is 0 Å². The molecule has 1 heterocycles. The fourth-order valence-electron chi connectivity index (χ4n) is 2.66. The Kier molecular flexibility index (Phi) is 7.36. The molecule has 1 unspecified atom stereocenters. The molecule has 0 fully saturated rings. The molecular formula is C18H27FN4O. The van der Waals surface area contributed by atoms with Crippen LogP contribution < -0.4 is 5.32 Å². The normalized spacial score (nSPS) is 12.7. The number of hydrogen-bond donors (Lipinski definition) is 2. The van der Waals surface area contributed by atoms with Gasteiger partial charge in [0.1, 0.15) is 5.82 Å². The number of aromatic nitrogens is 2. The maximum absolute atomic E-state index is 13.1. The van der Waals surface area contributed by atoms with Gasteiger partial charge in [-0.3, -0.25) is 0 Å². The molecule has 0 spiro atoms. The summed E-state index contributed by atoms with van der Waals surface area (Å²) in [5.41, 5.74) is 1.80. The molecule has 0 aliphatic heterocycles. The average Bonchev–Trinajstić information content (AvgIpc) is 3.07. The second-order valence-electron chi connectivity index (χ2n) is 5.79. The van der Waals surface area contributed by atoms with Crippen molar-refractivity contribution in [3.8, 4) is 5.69 Å². The molecule has 1 aromatic heterocycles. The van der Waals surface area contributed by atoms with Crippen LogP contribution in [0.3, 0.4) is 0 Å². The van der Waals surface area contributed by atoms with Gasteiger partial charge in [0.2, 0.25) is 0 Å². The van der Waals surface area contributed by atoms with Crippen molar-refractivity contribution in [2.24, 2.45) is 0 Å². The summed E-state index contributed by atoms with van der Waals surface area (Å²) in [6.07, 6.45) is 2.62. The minimum Gasteiger partial charge on any atom is -0.395 e. The van der Waals surface area contributed by atoms with Crippen LogP contribution >= 0.6 is 0 Å². The summed E-state index contributed by atoms with van der Waals surface area (Å²) in [5.74, 6) is -0.262. The summed E-state index contributed by atoms with van der Waals surface area (Å²) >= 11 is 0. The third-order valence-electron chi connectivity index (χ3n) is 4.27. The lowest BCUT2D eigenvalue weighted by molar-refractivity contribution is 0.210. The molecule has 0 saturated heterocycles. The Bertz CT molecular complexity index is 595. The lowest BCUT2D eigenvalue weighted by atomic mass is 10.2. The Hall–Kier alpha value is -1.76. The number of halogens is 1. The molecule has 0 radical (unpaired) electrons. The maximum Gasteiger partial charge on any atom is 0.123 e. The molecule has 1 atom stereocenters. The lowest BCUT2D eigenvalue weighted by Crippen LogP contribution is -2.36. The van der Waals surface area contributed by atoms with Crippen molar-refractivity contribution in [3.63, 3.8) is 0 Å². The number of aliphatic hydroxyl groups excluding tert-OH is 1. The molecule has 6 heteroatoms. The molecule has 0 amide bonds. The average molecular weight is 334 g/mol. The maximum atomic E-state index is 13.1. The molecule has 0 aliphatic rings. The number of benzene rings is 1. The van der Waals surface area contributed by atoms with Crippen molar-refractivity contribution in [1.29, 1.82) is 0 Å². The summed E-state index contributed by atoms with van der Waals surface area (Å²) in [5, 5.41) is 17.3. The van der Waals surface area contributed by atoms with Crippen LogP contribution in [0.15, 0.2) is 36.5 Å². The molecule has 5 nitrogen and oxygen atoms in total.